The van der Waals surface area contributed by atoms with Crippen molar-refractivity contribution in [2.75, 3.05) is 0 Å². The minimum absolute atomic E-state index is 0.357. The average molecular weight is 227 g/mol. The zero-order valence-electron chi connectivity index (χ0n) is 10.1. The molecule has 0 aliphatic carbocycles. The molecule has 2 heteroatoms. The van der Waals surface area contributed by atoms with Crippen LogP contribution in [-0.4, -0.2) is 9.67 Å². The first-order valence-electron chi connectivity index (χ1n) is 6.30. The lowest BCUT2D eigenvalue weighted by molar-refractivity contribution is 0.475. The van der Waals surface area contributed by atoms with Crippen molar-refractivity contribution >= 4 is 0 Å². The Morgan fingerprint density at radius 3 is 2.94 bits per heavy atom. The highest BCUT2D eigenvalue weighted by atomic mass is 16.3. The van der Waals surface area contributed by atoms with Crippen LogP contribution in [0, 0.1) is 0 Å². The van der Waals surface area contributed by atoms with E-state index in [1.54, 1.807) is 6.07 Å². The zero-order valence-corrected chi connectivity index (χ0v) is 10.1. The van der Waals surface area contributed by atoms with Crippen molar-refractivity contribution in [2.24, 2.45) is 0 Å². The molecule has 17 heavy (non-hydrogen) atoms. The van der Waals surface area contributed by atoms with Gasteiger partial charge in [-0.05, 0) is 42.7 Å². The van der Waals surface area contributed by atoms with E-state index in [9.17, 15) is 5.11 Å². The van der Waals surface area contributed by atoms with Crippen molar-refractivity contribution in [3.63, 3.8) is 0 Å². The number of benzene rings is 1. The zero-order chi connectivity index (χ0) is 11.8. The van der Waals surface area contributed by atoms with Crippen molar-refractivity contribution in [3.05, 3.63) is 41.6 Å². The van der Waals surface area contributed by atoms with Crippen LogP contribution in [-0.2, 0) is 19.4 Å². The van der Waals surface area contributed by atoms with Gasteiger partial charge in [-0.2, -0.15) is 0 Å². The minimum atomic E-state index is 0.357. The summed E-state index contributed by atoms with van der Waals surface area (Å²) in [6.45, 7) is 3.28. The van der Waals surface area contributed by atoms with Crippen LogP contribution in [0.5, 0.6) is 5.75 Å². The van der Waals surface area contributed by atoms with Gasteiger partial charge in [-0.3, -0.25) is 0 Å². The maximum Gasteiger partial charge on any atom is 0.116 e. The predicted octanol–water partition coefficient (Wildman–Crippen LogP) is 3.37. The van der Waals surface area contributed by atoms with Crippen LogP contribution in [0.15, 0.2) is 30.3 Å². The van der Waals surface area contributed by atoms with Gasteiger partial charge in [-0.25, -0.2) is 0 Å². The van der Waals surface area contributed by atoms with E-state index in [0.29, 0.717) is 5.75 Å². The Morgan fingerprint density at radius 2 is 2.12 bits per heavy atom. The fourth-order valence-electron chi connectivity index (χ4n) is 2.74. The molecule has 0 bridgehead atoms. The highest BCUT2D eigenvalue weighted by Gasteiger charge is 2.18. The standard InChI is InChI=1S/C15H17NO/c1-2-3-12-5-7-15-14-10-13(17)6-4-11(14)8-9-16(12)15/h4-7,10,17H,2-3,8-9H2,1H3. The third kappa shape index (κ3) is 1.64. The lowest BCUT2D eigenvalue weighted by atomic mass is 9.98. The number of aromatic nitrogens is 1. The molecule has 0 fully saturated rings. The number of aromatic hydroxyl groups is 1. The van der Waals surface area contributed by atoms with Gasteiger partial charge < -0.3 is 9.67 Å². The molecule has 3 rings (SSSR count). The number of phenolic OH excluding ortho intramolecular Hbond substituents is 1. The second-order valence-corrected chi connectivity index (χ2v) is 4.70. The van der Waals surface area contributed by atoms with Gasteiger partial charge >= 0.3 is 0 Å². The Morgan fingerprint density at radius 1 is 1.24 bits per heavy atom. The van der Waals surface area contributed by atoms with E-state index in [1.807, 2.05) is 12.1 Å². The molecule has 0 radical (unpaired) electrons. The largest absolute Gasteiger partial charge is 0.508 e. The van der Waals surface area contributed by atoms with Gasteiger partial charge in [-0.1, -0.05) is 19.4 Å². The quantitative estimate of drug-likeness (QED) is 0.836. The molecule has 1 aliphatic rings. The first-order valence-corrected chi connectivity index (χ1v) is 6.30. The fraction of sp³-hybridized carbons (Fsp3) is 0.333. The van der Waals surface area contributed by atoms with Gasteiger partial charge in [0.25, 0.3) is 0 Å². The summed E-state index contributed by atoms with van der Waals surface area (Å²) in [5.41, 5.74) is 5.21. The van der Waals surface area contributed by atoms with E-state index in [4.69, 9.17) is 0 Å². The summed E-state index contributed by atoms with van der Waals surface area (Å²) in [7, 11) is 0. The molecule has 1 aliphatic heterocycles. The number of rotatable bonds is 2. The van der Waals surface area contributed by atoms with E-state index in [2.05, 4.69) is 23.6 Å². The van der Waals surface area contributed by atoms with Gasteiger partial charge in [0.2, 0.25) is 0 Å². The molecule has 0 saturated carbocycles. The van der Waals surface area contributed by atoms with Crippen molar-refractivity contribution in [3.8, 4) is 17.0 Å². The molecule has 1 aromatic carbocycles. The topological polar surface area (TPSA) is 25.2 Å². The van der Waals surface area contributed by atoms with Crippen LogP contribution in [0.25, 0.3) is 11.3 Å². The van der Waals surface area contributed by atoms with Crippen LogP contribution in [0.2, 0.25) is 0 Å². The second kappa shape index (κ2) is 3.95. The van der Waals surface area contributed by atoms with Crippen molar-refractivity contribution < 1.29 is 5.11 Å². The van der Waals surface area contributed by atoms with Crippen LogP contribution < -0.4 is 0 Å². The first-order chi connectivity index (χ1) is 8.29. The Balaban J connectivity index is 2.13. The smallest absolute Gasteiger partial charge is 0.116 e. The Hall–Kier alpha value is -1.70. The Labute approximate surface area is 102 Å². The lowest BCUT2D eigenvalue weighted by Gasteiger charge is -2.21. The van der Waals surface area contributed by atoms with Crippen molar-refractivity contribution in [2.45, 2.75) is 32.7 Å². The van der Waals surface area contributed by atoms with E-state index < -0.39 is 0 Å². The summed E-state index contributed by atoms with van der Waals surface area (Å²) < 4.78 is 2.39. The molecule has 2 aromatic rings. The molecular formula is C15H17NO. The summed E-state index contributed by atoms with van der Waals surface area (Å²) in [6.07, 6.45) is 3.37. The molecule has 1 aromatic heterocycles. The van der Waals surface area contributed by atoms with Crippen molar-refractivity contribution in [1.82, 2.24) is 4.57 Å². The number of aryl methyl sites for hydroxylation is 2. The highest BCUT2D eigenvalue weighted by molar-refractivity contribution is 5.68. The normalized spacial score (nSPS) is 13.2. The Bertz CT molecular complexity index is 554. The molecule has 0 saturated heterocycles. The molecule has 0 unspecified atom stereocenters. The molecular weight excluding hydrogens is 210 g/mol. The molecule has 1 N–H and O–H groups in total. The van der Waals surface area contributed by atoms with Crippen LogP contribution in [0.3, 0.4) is 0 Å². The SMILES string of the molecule is CCCc1ccc2n1CCc1ccc(O)cc1-2. The molecule has 0 amide bonds. The number of hydrogen-bond donors (Lipinski definition) is 1. The predicted molar refractivity (Wildman–Crippen MR) is 69.2 cm³/mol. The summed E-state index contributed by atoms with van der Waals surface area (Å²) in [6, 6.07) is 10.1. The summed E-state index contributed by atoms with van der Waals surface area (Å²) in [5.74, 6) is 0.357. The number of nitrogens with zero attached hydrogens (tertiary/aromatic N) is 1. The van der Waals surface area contributed by atoms with Crippen LogP contribution in [0.4, 0.5) is 0 Å². The maximum atomic E-state index is 9.61. The molecule has 2 nitrogen and oxygen atoms in total. The third-order valence-electron chi connectivity index (χ3n) is 3.55. The fourth-order valence-corrected chi connectivity index (χ4v) is 2.74. The monoisotopic (exact) mass is 227 g/mol. The first kappa shape index (κ1) is 10.5. The Kier molecular flexibility index (Phi) is 2.43. The van der Waals surface area contributed by atoms with Gasteiger partial charge in [0.15, 0.2) is 0 Å². The van der Waals surface area contributed by atoms with Gasteiger partial charge in [0.1, 0.15) is 5.75 Å². The number of fused-ring (bicyclic) bond motifs is 3. The van der Waals surface area contributed by atoms with E-state index in [1.165, 1.54) is 28.9 Å². The van der Waals surface area contributed by atoms with Crippen molar-refractivity contribution in [1.29, 1.82) is 0 Å². The maximum absolute atomic E-state index is 9.61. The van der Waals surface area contributed by atoms with Gasteiger partial charge in [0.05, 0.1) is 0 Å². The highest BCUT2D eigenvalue weighted by Crippen LogP contribution is 2.33. The second-order valence-electron chi connectivity index (χ2n) is 4.70. The molecule has 0 atom stereocenters. The summed E-state index contributed by atoms with van der Waals surface area (Å²) >= 11 is 0. The number of hydrogen-bond acceptors (Lipinski definition) is 1. The molecule has 88 valence electrons. The average Bonchev–Trinajstić information content (AvgIpc) is 2.73. The van der Waals surface area contributed by atoms with Crippen LogP contribution >= 0.6 is 0 Å². The van der Waals surface area contributed by atoms with E-state index >= 15 is 0 Å². The summed E-state index contributed by atoms with van der Waals surface area (Å²) in [5, 5.41) is 9.61. The minimum Gasteiger partial charge on any atom is -0.508 e. The lowest BCUT2D eigenvalue weighted by Crippen LogP contribution is -2.12. The summed E-state index contributed by atoms with van der Waals surface area (Å²) in [4.78, 5) is 0. The van der Waals surface area contributed by atoms with Crippen LogP contribution in [0.1, 0.15) is 24.6 Å². The third-order valence-corrected chi connectivity index (χ3v) is 3.55. The van der Waals surface area contributed by atoms with Gasteiger partial charge in [0, 0.05) is 23.5 Å². The van der Waals surface area contributed by atoms with E-state index in [-0.39, 0.29) is 0 Å². The van der Waals surface area contributed by atoms with Gasteiger partial charge in [-0.15, -0.1) is 0 Å². The number of phenols is 1. The molecule has 2 heterocycles. The van der Waals surface area contributed by atoms with E-state index in [0.717, 1.165) is 19.4 Å². The molecule has 0 spiro atoms.